The lowest BCUT2D eigenvalue weighted by Crippen LogP contribution is -2.18. The molecule has 114 valence electrons. The summed E-state index contributed by atoms with van der Waals surface area (Å²) in [6.07, 6.45) is 4.50. The van der Waals surface area contributed by atoms with Gasteiger partial charge in [-0.3, -0.25) is 4.68 Å². The number of nitrogens with one attached hydrogen (secondary N) is 2. The Morgan fingerprint density at radius 3 is 2.57 bits per heavy atom. The van der Waals surface area contributed by atoms with Gasteiger partial charge in [-0.15, -0.1) is 5.10 Å². The molecule has 0 aromatic carbocycles. The molecule has 2 rings (SSSR count). The van der Waals surface area contributed by atoms with Crippen LogP contribution in [0.1, 0.15) is 33.0 Å². The van der Waals surface area contributed by atoms with Gasteiger partial charge in [0.25, 0.3) is 0 Å². The van der Waals surface area contributed by atoms with E-state index in [0.717, 1.165) is 37.0 Å². The minimum Gasteiger partial charge on any atom is -0.373 e. The maximum Gasteiger partial charge on any atom is 0.138 e. The molecule has 2 N–H and O–H groups in total. The molecule has 0 amide bonds. The monoisotopic (exact) mass is 289 g/mol. The molecule has 0 fully saturated rings. The van der Waals surface area contributed by atoms with Crippen molar-refractivity contribution in [2.45, 2.75) is 39.2 Å². The van der Waals surface area contributed by atoms with E-state index >= 15 is 0 Å². The molecule has 0 unspecified atom stereocenters. The Balaban J connectivity index is 1.95. The molecule has 0 radical (unpaired) electrons. The van der Waals surface area contributed by atoms with E-state index in [2.05, 4.69) is 51.7 Å². The van der Waals surface area contributed by atoms with Gasteiger partial charge < -0.3 is 10.6 Å². The summed E-state index contributed by atoms with van der Waals surface area (Å²) >= 11 is 0. The van der Waals surface area contributed by atoms with Crippen molar-refractivity contribution in [3.05, 3.63) is 24.3 Å². The van der Waals surface area contributed by atoms with E-state index in [9.17, 15) is 0 Å². The summed E-state index contributed by atoms with van der Waals surface area (Å²) in [7, 11) is 1.86. The highest BCUT2D eigenvalue weighted by molar-refractivity contribution is 5.47. The molecule has 0 saturated heterocycles. The van der Waals surface area contributed by atoms with Crippen LogP contribution >= 0.6 is 0 Å². The van der Waals surface area contributed by atoms with Gasteiger partial charge in [0.05, 0.1) is 6.20 Å². The van der Waals surface area contributed by atoms with E-state index in [0.29, 0.717) is 0 Å². The van der Waals surface area contributed by atoms with E-state index < -0.39 is 0 Å². The van der Waals surface area contributed by atoms with Crippen LogP contribution in [0.4, 0.5) is 11.6 Å². The largest absolute Gasteiger partial charge is 0.373 e. The van der Waals surface area contributed by atoms with Crippen LogP contribution < -0.4 is 10.6 Å². The Bertz CT molecular complexity index is 557. The van der Waals surface area contributed by atoms with Crippen LogP contribution in [-0.2, 0) is 12.0 Å². The van der Waals surface area contributed by atoms with Crippen LogP contribution in [0.5, 0.6) is 0 Å². The molecule has 7 heteroatoms. The average molecular weight is 289 g/mol. The highest BCUT2D eigenvalue weighted by Crippen LogP contribution is 2.22. The molecule has 21 heavy (non-hydrogen) atoms. The maximum absolute atomic E-state index is 4.59. The number of hydrogen-bond donors (Lipinski definition) is 2. The van der Waals surface area contributed by atoms with E-state index in [-0.39, 0.29) is 5.41 Å². The van der Waals surface area contributed by atoms with Crippen molar-refractivity contribution in [2.75, 3.05) is 24.2 Å². The highest BCUT2D eigenvalue weighted by Gasteiger charge is 2.18. The number of hydrogen-bond acceptors (Lipinski definition) is 6. The standard InChI is InChI=1S/C14H23N7/c1-14(2,3)13-18-11(15-4)10-12(19-13)16-6-5-8-21-9-7-17-20-21/h7,9-10H,5-6,8H2,1-4H3,(H2,15,16,18,19). The van der Waals surface area contributed by atoms with Crippen LogP contribution in [0.25, 0.3) is 0 Å². The van der Waals surface area contributed by atoms with Gasteiger partial charge in [-0.1, -0.05) is 26.0 Å². The third kappa shape index (κ3) is 4.40. The summed E-state index contributed by atoms with van der Waals surface area (Å²) in [4.78, 5) is 9.10. The zero-order valence-corrected chi connectivity index (χ0v) is 13.1. The molecule has 0 saturated carbocycles. The van der Waals surface area contributed by atoms with Gasteiger partial charge in [-0.05, 0) is 6.42 Å². The molecule has 2 heterocycles. The molecule has 7 nitrogen and oxygen atoms in total. The van der Waals surface area contributed by atoms with Crippen molar-refractivity contribution in [2.24, 2.45) is 0 Å². The molecule has 0 bridgehead atoms. The smallest absolute Gasteiger partial charge is 0.138 e. The number of aromatic nitrogens is 5. The molecule has 0 spiro atoms. The lowest BCUT2D eigenvalue weighted by atomic mass is 9.96. The van der Waals surface area contributed by atoms with Gasteiger partial charge in [0.1, 0.15) is 17.5 Å². The zero-order valence-electron chi connectivity index (χ0n) is 13.1. The minimum absolute atomic E-state index is 0.0793. The average Bonchev–Trinajstić information content (AvgIpc) is 2.95. The molecule has 0 aliphatic rings. The first-order valence-electron chi connectivity index (χ1n) is 7.14. The van der Waals surface area contributed by atoms with Crippen LogP contribution in [-0.4, -0.2) is 38.6 Å². The van der Waals surface area contributed by atoms with Gasteiger partial charge in [-0.2, -0.15) is 0 Å². The lowest BCUT2D eigenvalue weighted by Gasteiger charge is -2.18. The molecule has 2 aromatic rings. The van der Waals surface area contributed by atoms with Crippen molar-refractivity contribution < 1.29 is 0 Å². The zero-order chi connectivity index (χ0) is 15.3. The summed E-state index contributed by atoms with van der Waals surface area (Å²) in [5.74, 6) is 2.50. The molecule has 0 atom stereocenters. The summed E-state index contributed by atoms with van der Waals surface area (Å²) < 4.78 is 1.82. The normalized spacial score (nSPS) is 11.4. The third-order valence-electron chi connectivity index (χ3n) is 3.00. The number of nitrogens with zero attached hydrogens (tertiary/aromatic N) is 5. The summed E-state index contributed by atoms with van der Waals surface area (Å²) in [6.45, 7) is 7.98. The first kappa shape index (κ1) is 15.2. The Morgan fingerprint density at radius 1 is 1.19 bits per heavy atom. The Kier molecular flexibility index (Phi) is 4.72. The molecular weight excluding hydrogens is 266 g/mol. The van der Waals surface area contributed by atoms with Crippen LogP contribution in [0.3, 0.4) is 0 Å². The van der Waals surface area contributed by atoms with Gasteiger partial charge in [0, 0.05) is 37.8 Å². The molecule has 2 aromatic heterocycles. The van der Waals surface area contributed by atoms with Crippen molar-refractivity contribution in [3.63, 3.8) is 0 Å². The Hall–Kier alpha value is -2.18. The van der Waals surface area contributed by atoms with Gasteiger partial charge >= 0.3 is 0 Å². The second-order valence-corrected chi connectivity index (χ2v) is 5.91. The highest BCUT2D eigenvalue weighted by atomic mass is 15.4. The first-order chi connectivity index (χ1) is 9.99. The van der Waals surface area contributed by atoms with E-state index in [1.54, 1.807) is 6.20 Å². The number of aryl methyl sites for hydroxylation is 1. The predicted molar refractivity (Wildman–Crippen MR) is 83.4 cm³/mol. The van der Waals surface area contributed by atoms with Crippen molar-refractivity contribution >= 4 is 11.6 Å². The third-order valence-corrected chi connectivity index (χ3v) is 3.00. The van der Waals surface area contributed by atoms with Gasteiger partial charge in [-0.25, -0.2) is 9.97 Å². The summed E-state index contributed by atoms with van der Waals surface area (Å²) in [6, 6.07) is 1.92. The molecule has 0 aliphatic heterocycles. The minimum atomic E-state index is -0.0793. The van der Waals surface area contributed by atoms with Crippen molar-refractivity contribution in [1.29, 1.82) is 0 Å². The summed E-state index contributed by atoms with van der Waals surface area (Å²) in [5.41, 5.74) is -0.0793. The second kappa shape index (κ2) is 6.51. The Labute approximate surface area is 125 Å². The topological polar surface area (TPSA) is 80.5 Å². The SMILES string of the molecule is CNc1cc(NCCCn2ccnn2)nc(C(C)(C)C)n1. The van der Waals surface area contributed by atoms with Crippen molar-refractivity contribution in [1.82, 2.24) is 25.0 Å². The van der Waals surface area contributed by atoms with E-state index in [1.807, 2.05) is 24.0 Å². The van der Waals surface area contributed by atoms with E-state index in [4.69, 9.17) is 0 Å². The molecule has 0 aliphatic carbocycles. The Morgan fingerprint density at radius 2 is 1.95 bits per heavy atom. The first-order valence-corrected chi connectivity index (χ1v) is 7.14. The van der Waals surface area contributed by atoms with Crippen LogP contribution in [0.15, 0.2) is 18.5 Å². The predicted octanol–water partition coefficient (Wildman–Crippen LogP) is 1.91. The molecular formula is C14H23N7. The lowest BCUT2D eigenvalue weighted by molar-refractivity contribution is 0.545. The number of rotatable bonds is 6. The summed E-state index contributed by atoms with van der Waals surface area (Å²) in [5, 5.41) is 14.1. The fourth-order valence-corrected chi connectivity index (χ4v) is 1.81. The van der Waals surface area contributed by atoms with Crippen LogP contribution in [0.2, 0.25) is 0 Å². The van der Waals surface area contributed by atoms with E-state index in [1.165, 1.54) is 0 Å². The van der Waals surface area contributed by atoms with Crippen LogP contribution in [0, 0.1) is 0 Å². The fourth-order valence-electron chi connectivity index (χ4n) is 1.81. The second-order valence-electron chi connectivity index (χ2n) is 5.91. The van der Waals surface area contributed by atoms with Gasteiger partial charge in [0.15, 0.2) is 0 Å². The number of anilines is 2. The maximum atomic E-state index is 4.59. The van der Waals surface area contributed by atoms with Crippen molar-refractivity contribution in [3.8, 4) is 0 Å². The fraction of sp³-hybridized carbons (Fsp3) is 0.571. The van der Waals surface area contributed by atoms with Gasteiger partial charge in [0.2, 0.25) is 0 Å². The quantitative estimate of drug-likeness (QED) is 0.791.